The first-order valence-electron chi connectivity index (χ1n) is 8.82. The van der Waals surface area contributed by atoms with E-state index in [9.17, 15) is 13.2 Å². The van der Waals surface area contributed by atoms with Gasteiger partial charge >= 0.3 is 6.18 Å². The molecule has 1 unspecified atom stereocenters. The fourth-order valence-corrected chi connectivity index (χ4v) is 4.25. The highest BCUT2D eigenvalue weighted by Crippen LogP contribution is 2.35. The average Bonchev–Trinajstić information content (AvgIpc) is 3.31. The van der Waals surface area contributed by atoms with Crippen LogP contribution in [-0.2, 0) is 19.3 Å². The number of ether oxygens (including phenoxy) is 1. The molecule has 0 N–H and O–H groups in total. The number of hydrogen-bond acceptors (Lipinski definition) is 5. The third-order valence-electron chi connectivity index (χ3n) is 5.00. The lowest BCUT2D eigenvalue weighted by Crippen LogP contribution is -2.36. The lowest BCUT2D eigenvalue weighted by Gasteiger charge is -2.34. The first kappa shape index (κ1) is 18.9. The summed E-state index contributed by atoms with van der Waals surface area (Å²) in [6.07, 6.45) is -2.69. The largest absolute Gasteiger partial charge is 0.497 e. The van der Waals surface area contributed by atoms with Gasteiger partial charge in [0.05, 0.1) is 19.0 Å². The second-order valence-electron chi connectivity index (χ2n) is 6.69. The van der Waals surface area contributed by atoms with Crippen LogP contribution < -0.4 is 4.74 Å². The van der Waals surface area contributed by atoms with Crippen LogP contribution in [0.4, 0.5) is 13.2 Å². The van der Waals surface area contributed by atoms with Crippen LogP contribution >= 0.6 is 11.3 Å². The van der Waals surface area contributed by atoms with Crippen LogP contribution in [0.15, 0.2) is 35.8 Å². The quantitative estimate of drug-likeness (QED) is 0.632. The van der Waals surface area contributed by atoms with E-state index in [2.05, 4.69) is 21.8 Å². The number of fused-ring (bicyclic) bond motifs is 1. The molecule has 0 radical (unpaired) electrons. The summed E-state index contributed by atoms with van der Waals surface area (Å²) in [5, 5.41) is 1.34. The van der Waals surface area contributed by atoms with E-state index in [4.69, 9.17) is 4.74 Å². The Bertz CT molecular complexity index is 964. The van der Waals surface area contributed by atoms with E-state index in [0.717, 1.165) is 41.2 Å². The van der Waals surface area contributed by atoms with Gasteiger partial charge in [-0.2, -0.15) is 13.2 Å². The Labute approximate surface area is 164 Å². The minimum atomic E-state index is -4.44. The number of hydrogen-bond donors (Lipinski definition) is 0. The molecular weight excluding hydrogens is 389 g/mol. The van der Waals surface area contributed by atoms with Gasteiger partial charge in [0.15, 0.2) is 16.5 Å². The summed E-state index contributed by atoms with van der Waals surface area (Å²) in [4.78, 5) is 10.4. The lowest BCUT2D eigenvalue weighted by atomic mass is 10.1. The molecule has 4 rings (SSSR count). The molecule has 1 atom stereocenters. The van der Waals surface area contributed by atoms with Crippen molar-refractivity contribution in [3.63, 3.8) is 0 Å². The van der Waals surface area contributed by atoms with Crippen LogP contribution in [0.25, 0.3) is 10.8 Å². The molecule has 148 valence electrons. The van der Waals surface area contributed by atoms with Crippen molar-refractivity contribution in [2.45, 2.75) is 32.2 Å². The minimum absolute atomic E-state index is 0.0964. The van der Waals surface area contributed by atoms with Crippen LogP contribution in [0.3, 0.4) is 0 Å². The van der Waals surface area contributed by atoms with E-state index in [1.807, 2.05) is 28.8 Å². The highest BCUT2D eigenvalue weighted by Gasteiger charge is 2.35. The van der Waals surface area contributed by atoms with E-state index in [1.165, 1.54) is 5.56 Å². The molecule has 0 saturated heterocycles. The number of nitrogens with zero attached hydrogens (tertiary/aromatic N) is 4. The van der Waals surface area contributed by atoms with Gasteiger partial charge in [0.2, 0.25) is 0 Å². The molecule has 1 aliphatic rings. The van der Waals surface area contributed by atoms with Crippen LogP contribution in [-0.4, -0.2) is 33.1 Å². The van der Waals surface area contributed by atoms with E-state index in [1.54, 1.807) is 13.3 Å². The first-order chi connectivity index (χ1) is 13.4. The number of methoxy groups -OCH3 is 1. The lowest BCUT2D eigenvalue weighted by molar-refractivity contribution is -0.140. The van der Waals surface area contributed by atoms with Crippen molar-refractivity contribution in [2.24, 2.45) is 0 Å². The van der Waals surface area contributed by atoms with Crippen molar-refractivity contribution in [1.29, 1.82) is 0 Å². The number of benzene rings is 1. The highest BCUT2D eigenvalue weighted by molar-refractivity contribution is 7.13. The second kappa shape index (κ2) is 7.21. The van der Waals surface area contributed by atoms with Gasteiger partial charge in [-0.3, -0.25) is 4.90 Å². The number of aromatic nitrogens is 3. The van der Waals surface area contributed by atoms with Crippen molar-refractivity contribution in [3.05, 3.63) is 52.8 Å². The summed E-state index contributed by atoms with van der Waals surface area (Å²) in [6.45, 7) is 4.30. The van der Waals surface area contributed by atoms with Crippen molar-refractivity contribution in [1.82, 2.24) is 19.4 Å². The molecule has 3 heterocycles. The molecule has 3 aromatic rings. The number of rotatable bonds is 4. The topological polar surface area (TPSA) is 43.2 Å². The van der Waals surface area contributed by atoms with Gasteiger partial charge in [-0.15, -0.1) is 11.3 Å². The van der Waals surface area contributed by atoms with Gasteiger partial charge in [0.25, 0.3) is 0 Å². The number of alkyl halides is 3. The zero-order valence-corrected chi connectivity index (χ0v) is 16.2. The minimum Gasteiger partial charge on any atom is -0.497 e. The van der Waals surface area contributed by atoms with Crippen LogP contribution in [0, 0.1) is 0 Å². The van der Waals surface area contributed by atoms with Crippen molar-refractivity contribution in [2.75, 3.05) is 13.7 Å². The number of thiazole rings is 1. The van der Waals surface area contributed by atoms with Crippen LogP contribution in [0.1, 0.15) is 29.9 Å². The normalized spacial score (nSPS) is 17.5. The first-order valence-corrected chi connectivity index (χ1v) is 9.70. The molecule has 0 spiro atoms. The molecule has 5 nitrogen and oxygen atoms in total. The number of halogens is 3. The summed E-state index contributed by atoms with van der Waals surface area (Å²) < 4.78 is 45.7. The van der Waals surface area contributed by atoms with Gasteiger partial charge in [-0.1, -0.05) is 12.1 Å². The fraction of sp³-hybridized carbons (Fsp3) is 0.368. The van der Waals surface area contributed by atoms with E-state index >= 15 is 0 Å². The monoisotopic (exact) mass is 408 g/mol. The molecule has 28 heavy (non-hydrogen) atoms. The van der Waals surface area contributed by atoms with Crippen molar-refractivity contribution in [3.8, 4) is 16.6 Å². The predicted molar refractivity (Wildman–Crippen MR) is 100 cm³/mol. The van der Waals surface area contributed by atoms with E-state index in [-0.39, 0.29) is 6.04 Å². The van der Waals surface area contributed by atoms with Gasteiger partial charge in [0, 0.05) is 31.1 Å². The van der Waals surface area contributed by atoms with Gasteiger partial charge < -0.3 is 9.30 Å². The maximum Gasteiger partial charge on any atom is 0.434 e. The van der Waals surface area contributed by atoms with Gasteiger partial charge in [0.1, 0.15) is 5.75 Å². The zero-order valence-electron chi connectivity index (χ0n) is 15.4. The summed E-state index contributed by atoms with van der Waals surface area (Å²) in [5.74, 6) is 1.33. The zero-order chi connectivity index (χ0) is 19.9. The third-order valence-corrected chi connectivity index (χ3v) is 5.84. The molecule has 9 heteroatoms. The van der Waals surface area contributed by atoms with Gasteiger partial charge in [-0.25, -0.2) is 9.97 Å². The summed E-state index contributed by atoms with van der Waals surface area (Å²) in [6, 6.07) is 8.05. The maximum atomic E-state index is 12.9. The Morgan fingerprint density at radius 2 is 1.96 bits per heavy atom. The second-order valence-corrected chi connectivity index (χ2v) is 7.55. The molecular formula is C19H19F3N4OS. The third kappa shape index (κ3) is 3.51. The van der Waals surface area contributed by atoms with E-state index in [0.29, 0.717) is 17.4 Å². The standard InChI is InChI=1S/C19H19F3N4OS/c1-12-15-9-23-17(18-24-16(11-28-18)19(20,21)22)26(15)8-7-25(12)10-13-3-5-14(27-2)6-4-13/h3-6,9,11-12H,7-8,10H2,1-2H3. The Morgan fingerprint density at radius 1 is 1.21 bits per heavy atom. The Kier molecular flexibility index (Phi) is 4.88. The molecule has 0 fully saturated rings. The molecule has 0 aliphatic carbocycles. The predicted octanol–water partition coefficient (Wildman–Crippen LogP) is 4.61. The highest BCUT2D eigenvalue weighted by atomic mass is 32.1. The van der Waals surface area contributed by atoms with E-state index < -0.39 is 11.9 Å². The Hall–Kier alpha value is -2.39. The molecule has 0 saturated carbocycles. The fourth-order valence-electron chi connectivity index (χ4n) is 3.43. The maximum absolute atomic E-state index is 12.9. The molecule has 0 amide bonds. The van der Waals surface area contributed by atoms with Crippen molar-refractivity contribution >= 4 is 11.3 Å². The van der Waals surface area contributed by atoms with Crippen LogP contribution in [0.5, 0.6) is 5.75 Å². The smallest absolute Gasteiger partial charge is 0.434 e. The Morgan fingerprint density at radius 3 is 2.61 bits per heavy atom. The summed E-state index contributed by atoms with van der Waals surface area (Å²) >= 11 is 0.975. The Balaban J connectivity index is 1.54. The molecule has 2 aromatic heterocycles. The summed E-state index contributed by atoms with van der Waals surface area (Å²) in [7, 11) is 1.64. The molecule has 1 aromatic carbocycles. The molecule has 0 bridgehead atoms. The average molecular weight is 408 g/mol. The van der Waals surface area contributed by atoms with Crippen molar-refractivity contribution < 1.29 is 17.9 Å². The summed E-state index contributed by atoms with van der Waals surface area (Å²) in [5.41, 5.74) is 1.30. The van der Waals surface area contributed by atoms with Gasteiger partial charge in [-0.05, 0) is 24.6 Å². The molecule has 1 aliphatic heterocycles. The SMILES string of the molecule is COc1ccc(CN2CCn3c(cnc3-c3nc(C(F)(F)F)cs3)C2C)cc1. The number of imidazole rings is 1. The van der Waals surface area contributed by atoms with Crippen LogP contribution in [0.2, 0.25) is 0 Å².